The number of methoxy groups -OCH3 is 1. The van der Waals surface area contributed by atoms with Gasteiger partial charge in [-0.25, -0.2) is 4.98 Å². The second-order valence-electron chi connectivity index (χ2n) is 5.63. The number of hydrogen-bond donors (Lipinski definition) is 2. The molecule has 2 N–H and O–H groups in total. The number of carbonyl (C=O) groups excluding carboxylic acids is 1. The summed E-state index contributed by atoms with van der Waals surface area (Å²) in [7, 11) is 1.44. The van der Waals surface area contributed by atoms with Crippen molar-refractivity contribution in [3.05, 3.63) is 40.3 Å². The molecule has 2 heterocycles. The number of benzene rings is 1. The lowest BCUT2D eigenvalue weighted by atomic mass is 10.0. The van der Waals surface area contributed by atoms with Gasteiger partial charge < -0.3 is 24.6 Å². The largest absolute Gasteiger partial charge is 0.504 e. The van der Waals surface area contributed by atoms with Gasteiger partial charge in [0.15, 0.2) is 11.5 Å². The summed E-state index contributed by atoms with van der Waals surface area (Å²) in [5, 5.41) is 15.0. The first-order valence-corrected chi connectivity index (χ1v) is 8.86. The van der Waals surface area contributed by atoms with E-state index in [1.54, 1.807) is 23.7 Å². The van der Waals surface area contributed by atoms with Crippen LogP contribution < -0.4 is 10.1 Å². The number of nitrogens with zero attached hydrogens (tertiary/aromatic N) is 1. The van der Waals surface area contributed by atoms with Crippen molar-refractivity contribution in [2.75, 3.05) is 20.3 Å². The van der Waals surface area contributed by atoms with Gasteiger partial charge in [-0.15, -0.1) is 11.3 Å². The molecule has 1 aliphatic heterocycles. The summed E-state index contributed by atoms with van der Waals surface area (Å²) in [6.45, 7) is 1.32. The minimum atomic E-state index is -0.370. The van der Waals surface area contributed by atoms with Crippen LogP contribution >= 0.6 is 11.3 Å². The van der Waals surface area contributed by atoms with Crippen LogP contribution in [0.4, 0.5) is 0 Å². The zero-order valence-electron chi connectivity index (χ0n) is 13.8. The number of rotatable bonds is 6. The van der Waals surface area contributed by atoms with Crippen molar-refractivity contribution in [2.24, 2.45) is 0 Å². The van der Waals surface area contributed by atoms with Gasteiger partial charge >= 0.3 is 0 Å². The molecule has 1 fully saturated rings. The van der Waals surface area contributed by atoms with Crippen molar-refractivity contribution in [3.8, 4) is 11.5 Å². The predicted molar refractivity (Wildman–Crippen MR) is 92.0 cm³/mol. The number of aromatic hydroxyl groups is 1. The number of ether oxygens (including phenoxy) is 3. The SMILES string of the molecule is COc1cccc(C(=O)NC2CCOCC2OCc2cscn2)c1O. The van der Waals surface area contributed by atoms with Crippen LogP contribution in [-0.4, -0.2) is 48.5 Å². The van der Waals surface area contributed by atoms with Gasteiger partial charge in [-0.2, -0.15) is 0 Å². The number of phenols is 1. The van der Waals surface area contributed by atoms with Crippen LogP contribution in [0, 0.1) is 0 Å². The Labute approximate surface area is 149 Å². The van der Waals surface area contributed by atoms with E-state index in [-0.39, 0.29) is 35.1 Å². The predicted octanol–water partition coefficient (Wildman–Crippen LogP) is 1.96. The monoisotopic (exact) mass is 364 g/mol. The van der Waals surface area contributed by atoms with Crippen molar-refractivity contribution < 1.29 is 24.1 Å². The van der Waals surface area contributed by atoms with Gasteiger partial charge in [-0.1, -0.05) is 6.07 Å². The van der Waals surface area contributed by atoms with Crippen molar-refractivity contribution in [1.82, 2.24) is 10.3 Å². The third-order valence-electron chi connectivity index (χ3n) is 4.01. The molecule has 1 aliphatic rings. The van der Waals surface area contributed by atoms with E-state index < -0.39 is 0 Å². The molecule has 0 aliphatic carbocycles. The molecule has 0 radical (unpaired) electrons. The smallest absolute Gasteiger partial charge is 0.255 e. The number of amides is 1. The number of thiazole rings is 1. The van der Waals surface area contributed by atoms with Crippen molar-refractivity contribution >= 4 is 17.2 Å². The average Bonchev–Trinajstić information content (AvgIpc) is 3.14. The Balaban J connectivity index is 1.65. The van der Waals surface area contributed by atoms with Crippen LogP contribution in [0.3, 0.4) is 0 Å². The maximum Gasteiger partial charge on any atom is 0.255 e. The lowest BCUT2D eigenvalue weighted by molar-refractivity contribution is -0.0742. The van der Waals surface area contributed by atoms with Crippen LogP contribution in [0.1, 0.15) is 22.5 Å². The summed E-state index contributed by atoms with van der Waals surface area (Å²) in [6, 6.07) is 4.61. The van der Waals surface area contributed by atoms with E-state index in [4.69, 9.17) is 14.2 Å². The Morgan fingerprint density at radius 2 is 2.40 bits per heavy atom. The summed E-state index contributed by atoms with van der Waals surface area (Å²) < 4.78 is 16.4. The molecule has 3 rings (SSSR count). The molecule has 1 saturated heterocycles. The Morgan fingerprint density at radius 3 is 3.16 bits per heavy atom. The standard InChI is InChI=1S/C17H20N2O5S/c1-22-14-4-2-3-12(16(14)20)17(21)19-13-5-6-23-8-15(13)24-7-11-9-25-10-18-11/h2-4,9-10,13,15,20H,5-8H2,1H3,(H,19,21). The third kappa shape index (κ3) is 4.28. The molecule has 0 bridgehead atoms. The van der Waals surface area contributed by atoms with Crippen molar-refractivity contribution in [1.29, 1.82) is 0 Å². The fraction of sp³-hybridized carbons (Fsp3) is 0.412. The molecule has 134 valence electrons. The molecule has 25 heavy (non-hydrogen) atoms. The van der Waals surface area contributed by atoms with Crippen LogP contribution in [0.25, 0.3) is 0 Å². The van der Waals surface area contributed by atoms with Crippen LogP contribution in [-0.2, 0) is 16.1 Å². The van der Waals surface area contributed by atoms with Crippen molar-refractivity contribution in [2.45, 2.75) is 25.2 Å². The van der Waals surface area contributed by atoms with E-state index in [0.29, 0.717) is 26.2 Å². The molecule has 7 nitrogen and oxygen atoms in total. The summed E-state index contributed by atoms with van der Waals surface area (Å²) in [4.78, 5) is 16.7. The second-order valence-corrected chi connectivity index (χ2v) is 6.35. The normalized spacial score (nSPS) is 20.2. The first-order valence-electron chi connectivity index (χ1n) is 7.92. The fourth-order valence-electron chi connectivity index (χ4n) is 2.66. The summed E-state index contributed by atoms with van der Waals surface area (Å²) >= 11 is 1.51. The highest BCUT2D eigenvalue weighted by molar-refractivity contribution is 7.07. The van der Waals surface area contributed by atoms with Gasteiger partial charge in [0.1, 0.15) is 6.10 Å². The van der Waals surface area contributed by atoms with Crippen molar-refractivity contribution in [3.63, 3.8) is 0 Å². The van der Waals surface area contributed by atoms with E-state index >= 15 is 0 Å². The van der Waals surface area contributed by atoms with Gasteiger partial charge in [-0.05, 0) is 18.6 Å². The number of nitrogens with one attached hydrogen (secondary N) is 1. The Bertz CT molecular complexity index is 707. The minimum absolute atomic E-state index is 0.170. The maximum absolute atomic E-state index is 12.5. The molecular formula is C17H20N2O5S. The average molecular weight is 364 g/mol. The zero-order chi connectivity index (χ0) is 17.6. The van der Waals surface area contributed by atoms with Crippen LogP contribution in [0.5, 0.6) is 11.5 Å². The molecule has 0 saturated carbocycles. The number of para-hydroxylation sites is 1. The number of hydrogen-bond acceptors (Lipinski definition) is 7. The molecule has 1 aromatic carbocycles. The first-order chi connectivity index (χ1) is 12.2. The van der Waals surface area contributed by atoms with Crippen LogP contribution in [0.15, 0.2) is 29.1 Å². The van der Waals surface area contributed by atoms with E-state index in [1.807, 2.05) is 5.38 Å². The zero-order valence-corrected chi connectivity index (χ0v) is 14.6. The van der Waals surface area contributed by atoms with Gasteiger partial charge in [0.05, 0.1) is 43.1 Å². The van der Waals surface area contributed by atoms with E-state index in [1.165, 1.54) is 18.4 Å². The minimum Gasteiger partial charge on any atom is -0.504 e. The Hall–Kier alpha value is -2.16. The molecule has 1 amide bonds. The highest BCUT2D eigenvalue weighted by Crippen LogP contribution is 2.29. The van der Waals surface area contributed by atoms with E-state index in [9.17, 15) is 9.90 Å². The van der Waals surface area contributed by atoms with E-state index in [2.05, 4.69) is 10.3 Å². The topological polar surface area (TPSA) is 89.9 Å². The lowest BCUT2D eigenvalue weighted by Gasteiger charge is -2.32. The van der Waals surface area contributed by atoms with E-state index in [0.717, 1.165) is 5.69 Å². The number of phenolic OH excluding ortho intramolecular Hbond substituents is 1. The van der Waals surface area contributed by atoms with Gasteiger partial charge in [0, 0.05) is 12.0 Å². The first kappa shape index (κ1) is 17.7. The second kappa shape index (κ2) is 8.28. The Morgan fingerprint density at radius 1 is 1.52 bits per heavy atom. The molecule has 0 spiro atoms. The summed E-state index contributed by atoms with van der Waals surface area (Å²) in [5.74, 6) is -0.281. The van der Waals surface area contributed by atoms with Crippen LogP contribution in [0.2, 0.25) is 0 Å². The molecule has 2 atom stereocenters. The highest BCUT2D eigenvalue weighted by atomic mass is 32.1. The maximum atomic E-state index is 12.5. The fourth-order valence-corrected chi connectivity index (χ4v) is 3.20. The number of carbonyl (C=O) groups is 1. The molecule has 1 aromatic heterocycles. The van der Waals surface area contributed by atoms with Gasteiger partial charge in [-0.3, -0.25) is 4.79 Å². The Kier molecular flexibility index (Phi) is 5.85. The summed E-state index contributed by atoms with van der Waals surface area (Å²) in [6.07, 6.45) is 0.366. The lowest BCUT2D eigenvalue weighted by Crippen LogP contribution is -2.50. The number of aromatic nitrogens is 1. The van der Waals surface area contributed by atoms with Gasteiger partial charge in [0.2, 0.25) is 0 Å². The summed E-state index contributed by atoms with van der Waals surface area (Å²) in [5.41, 5.74) is 2.77. The quantitative estimate of drug-likeness (QED) is 0.814. The molecule has 8 heteroatoms. The molecular weight excluding hydrogens is 344 g/mol. The molecule has 2 unspecified atom stereocenters. The third-order valence-corrected chi connectivity index (χ3v) is 4.65. The van der Waals surface area contributed by atoms with Gasteiger partial charge in [0.25, 0.3) is 5.91 Å². The highest BCUT2D eigenvalue weighted by Gasteiger charge is 2.29. The molecule has 2 aromatic rings.